The first-order valence-corrected chi connectivity index (χ1v) is 9.64. The van der Waals surface area contributed by atoms with Gasteiger partial charge >= 0.3 is 0 Å². The number of aromatic nitrogens is 1. The van der Waals surface area contributed by atoms with Gasteiger partial charge in [-0.1, -0.05) is 17.3 Å². The summed E-state index contributed by atoms with van der Waals surface area (Å²) in [6.45, 7) is 0.0961. The number of aliphatic hydroxyl groups excluding tert-OH is 1. The predicted octanol–water partition coefficient (Wildman–Crippen LogP) is 4.10. The van der Waals surface area contributed by atoms with Crippen molar-refractivity contribution in [2.45, 2.75) is 13.2 Å². The van der Waals surface area contributed by atoms with Crippen molar-refractivity contribution < 1.29 is 25.3 Å². The van der Waals surface area contributed by atoms with Gasteiger partial charge in [0.25, 0.3) is 0 Å². The molecule has 1 aromatic heterocycles. The average molecular weight is 418 g/mol. The minimum absolute atomic E-state index is 0.124. The normalized spacial score (nSPS) is 11.7. The van der Waals surface area contributed by atoms with Gasteiger partial charge in [0.05, 0.1) is 25.8 Å². The average Bonchev–Trinajstić information content (AvgIpc) is 3.16. The van der Waals surface area contributed by atoms with Gasteiger partial charge in [-0.25, -0.2) is 0 Å². The Balaban J connectivity index is 1.90. The molecule has 0 amide bonds. The van der Waals surface area contributed by atoms with Gasteiger partial charge in [0.2, 0.25) is 0 Å². The number of methoxy groups -OCH3 is 1. The molecule has 0 fully saturated rings. The molecule has 7 nitrogen and oxygen atoms in total. The third-order valence-corrected chi connectivity index (χ3v) is 5.23. The molecule has 0 saturated heterocycles. The van der Waals surface area contributed by atoms with Crippen LogP contribution in [-0.2, 0) is 13.2 Å². The Bertz CT molecular complexity index is 1240. The van der Waals surface area contributed by atoms with Gasteiger partial charge in [0.15, 0.2) is 0 Å². The summed E-state index contributed by atoms with van der Waals surface area (Å²) in [6, 6.07) is 16.9. The molecule has 158 valence electrons. The van der Waals surface area contributed by atoms with E-state index in [1.165, 1.54) is 12.1 Å². The van der Waals surface area contributed by atoms with Gasteiger partial charge in [-0.15, -0.1) is 0 Å². The van der Waals surface area contributed by atoms with Crippen LogP contribution in [0.25, 0.3) is 22.0 Å². The van der Waals surface area contributed by atoms with Crippen LogP contribution < -0.4 is 4.74 Å². The lowest BCUT2D eigenvalue weighted by Gasteiger charge is -2.10. The van der Waals surface area contributed by atoms with Crippen molar-refractivity contribution in [1.29, 1.82) is 0 Å². The minimum Gasteiger partial charge on any atom is -0.508 e. The standard InChI is InChI=1S/C24H22N2O5/c1-31-23-11-15(14-27)10-22-24(23)20(16-2-6-18(28)7-3-16)12-26(22)13-21(25-30)17-4-8-19(29)9-5-17/h2-12,27-30H,13-14H2,1H3/b25-21-. The van der Waals surface area contributed by atoms with Gasteiger partial charge in [-0.2, -0.15) is 0 Å². The monoisotopic (exact) mass is 418 g/mol. The number of aliphatic hydroxyl groups is 1. The first-order valence-electron chi connectivity index (χ1n) is 9.64. The van der Waals surface area contributed by atoms with Gasteiger partial charge in [0.1, 0.15) is 23.0 Å². The van der Waals surface area contributed by atoms with E-state index in [9.17, 15) is 20.5 Å². The summed E-state index contributed by atoms with van der Waals surface area (Å²) in [5, 5.41) is 42.9. The van der Waals surface area contributed by atoms with Crippen molar-refractivity contribution in [2.24, 2.45) is 5.16 Å². The van der Waals surface area contributed by atoms with E-state index < -0.39 is 0 Å². The van der Waals surface area contributed by atoms with Crippen molar-refractivity contribution in [2.75, 3.05) is 7.11 Å². The van der Waals surface area contributed by atoms with Gasteiger partial charge in [-0.3, -0.25) is 0 Å². The number of hydrogen-bond acceptors (Lipinski definition) is 6. The Hall–Kier alpha value is -3.97. The molecule has 31 heavy (non-hydrogen) atoms. The Morgan fingerprint density at radius 1 is 0.968 bits per heavy atom. The Morgan fingerprint density at radius 3 is 2.19 bits per heavy atom. The number of rotatable bonds is 6. The lowest BCUT2D eigenvalue weighted by molar-refractivity contribution is 0.281. The molecule has 7 heteroatoms. The van der Waals surface area contributed by atoms with Crippen LogP contribution in [0.4, 0.5) is 0 Å². The predicted molar refractivity (Wildman–Crippen MR) is 118 cm³/mol. The van der Waals surface area contributed by atoms with Crippen LogP contribution in [0.15, 0.2) is 72.0 Å². The van der Waals surface area contributed by atoms with Crippen LogP contribution in [-0.4, -0.2) is 37.9 Å². The SMILES string of the molecule is COc1cc(CO)cc2c1c(-c1ccc(O)cc1)cn2C/C(=N/O)c1ccc(O)cc1. The third-order valence-electron chi connectivity index (χ3n) is 5.23. The fourth-order valence-corrected chi connectivity index (χ4v) is 3.68. The number of oxime groups is 1. The van der Waals surface area contributed by atoms with E-state index in [1.807, 2.05) is 29.0 Å². The highest BCUT2D eigenvalue weighted by Gasteiger charge is 2.18. The minimum atomic E-state index is -0.148. The van der Waals surface area contributed by atoms with E-state index in [0.717, 1.165) is 22.0 Å². The van der Waals surface area contributed by atoms with E-state index in [1.54, 1.807) is 37.4 Å². The molecule has 0 unspecified atom stereocenters. The summed E-state index contributed by atoms with van der Waals surface area (Å²) in [7, 11) is 1.57. The summed E-state index contributed by atoms with van der Waals surface area (Å²) < 4.78 is 7.53. The summed E-state index contributed by atoms with van der Waals surface area (Å²) in [6.07, 6.45) is 1.92. The second-order valence-electron chi connectivity index (χ2n) is 7.16. The second-order valence-corrected chi connectivity index (χ2v) is 7.16. The summed E-state index contributed by atoms with van der Waals surface area (Å²) in [5.41, 5.74) is 4.31. The van der Waals surface area contributed by atoms with E-state index in [-0.39, 0.29) is 24.7 Å². The molecule has 4 rings (SSSR count). The molecular weight excluding hydrogens is 396 g/mol. The highest BCUT2D eigenvalue weighted by molar-refractivity contribution is 6.04. The molecule has 4 aromatic rings. The van der Waals surface area contributed by atoms with Crippen molar-refractivity contribution in [3.63, 3.8) is 0 Å². The van der Waals surface area contributed by atoms with Crippen molar-refractivity contribution in [3.8, 4) is 28.4 Å². The van der Waals surface area contributed by atoms with E-state index in [0.29, 0.717) is 22.6 Å². The maximum atomic E-state index is 9.71. The van der Waals surface area contributed by atoms with Crippen LogP contribution >= 0.6 is 0 Å². The zero-order valence-corrected chi connectivity index (χ0v) is 16.9. The zero-order chi connectivity index (χ0) is 22.0. The van der Waals surface area contributed by atoms with Gasteiger partial charge < -0.3 is 29.8 Å². The molecular formula is C24H22N2O5. The van der Waals surface area contributed by atoms with Crippen LogP contribution in [0.5, 0.6) is 17.2 Å². The second kappa shape index (κ2) is 8.41. The highest BCUT2D eigenvalue weighted by Crippen LogP contribution is 2.38. The van der Waals surface area contributed by atoms with Crippen LogP contribution in [0.2, 0.25) is 0 Å². The molecule has 0 aliphatic heterocycles. The third kappa shape index (κ3) is 3.91. The fourth-order valence-electron chi connectivity index (χ4n) is 3.68. The first-order chi connectivity index (χ1) is 15.0. The van der Waals surface area contributed by atoms with E-state index >= 15 is 0 Å². The summed E-state index contributed by atoms with van der Waals surface area (Å²) in [4.78, 5) is 0. The van der Waals surface area contributed by atoms with Crippen LogP contribution in [0, 0.1) is 0 Å². The Morgan fingerprint density at radius 2 is 1.61 bits per heavy atom. The lowest BCUT2D eigenvalue weighted by Crippen LogP contribution is -2.11. The molecule has 0 saturated carbocycles. The number of phenolic OH excluding ortho intramolecular Hbond substituents is 2. The van der Waals surface area contributed by atoms with Gasteiger partial charge in [-0.05, 0) is 59.7 Å². The quantitative estimate of drug-likeness (QED) is 0.214. The molecule has 0 aliphatic rings. The van der Waals surface area contributed by atoms with Crippen LogP contribution in [0.1, 0.15) is 11.1 Å². The number of fused-ring (bicyclic) bond motifs is 1. The number of hydrogen-bond donors (Lipinski definition) is 4. The summed E-state index contributed by atoms with van der Waals surface area (Å²) in [5.74, 6) is 0.902. The highest BCUT2D eigenvalue weighted by atomic mass is 16.5. The van der Waals surface area contributed by atoms with Crippen molar-refractivity contribution in [3.05, 3.63) is 78.0 Å². The molecule has 0 atom stereocenters. The number of ether oxygens (including phenoxy) is 1. The molecule has 4 N–H and O–H groups in total. The molecule has 3 aromatic carbocycles. The Kier molecular flexibility index (Phi) is 5.51. The molecule has 0 aliphatic carbocycles. The summed E-state index contributed by atoms with van der Waals surface area (Å²) >= 11 is 0. The zero-order valence-electron chi connectivity index (χ0n) is 16.9. The van der Waals surface area contributed by atoms with E-state index in [4.69, 9.17) is 4.74 Å². The smallest absolute Gasteiger partial charge is 0.129 e. The first kappa shape index (κ1) is 20.3. The largest absolute Gasteiger partial charge is 0.508 e. The van der Waals surface area contributed by atoms with Gasteiger partial charge in [0, 0.05) is 22.7 Å². The molecule has 1 heterocycles. The van der Waals surface area contributed by atoms with Crippen molar-refractivity contribution >= 4 is 16.6 Å². The number of nitrogens with zero attached hydrogens (tertiary/aromatic N) is 2. The topological polar surface area (TPSA) is 107 Å². The van der Waals surface area contributed by atoms with Crippen molar-refractivity contribution in [1.82, 2.24) is 4.57 Å². The lowest BCUT2D eigenvalue weighted by atomic mass is 10.0. The number of phenols is 2. The van der Waals surface area contributed by atoms with Crippen LogP contribution in [0.3, 0.4) is 0 Å². The molecule has 0 bridgehead atoms. The maximum Gasteiger partial charge on any atom is 0.129 e. The Labute approximate surface area is 178 Å². The van der Waals surface area contributed by atoms with E-state index in [2.05, 4.69) is 5.16 Å². The number of benzene rings is 3. The fraction of sp³-hybridized carbons (Fsp3) is 0.125. The molecule has 0 radical (unpaired) electrons. The maximum absolute atomic E-state index is 9.71. The molecule has 0 spiro atoms. The number of aromatic hydroxyl groups is 2.